The first-order valence-electron chi connectivity index (χ1n) is 6.47. The summed E-state index contributed by atoms with van der Waals surface area (Å²) in [5.74, 6) is 0.670. The first kappa shape index (κ1) is 12.7. The van der Waals surface area contributed by atoms with E-state index >= 15 is 0 Å². The fourth-order valence-corrected chi connectivity index (χ4v) is 2.40. The number of hydrazone groups is 1. The molecule has 1 aliphatic carbocycles. The Morgan fingerprint density at radius 3 is 2.67 bits per heavy atom. The van der Waals surface area contributed by atoms with Crippen molar-refractivity contribution in [1.29, 1.82) is 0 Å². The summed E-state index contributed by atoms with van der Waals surface area (Å²) in [6, 6.07) is 5.26. The second-order valence-corrected chi connectivity index (χ2v) is 4.93. The van der Waals surface area contributed by atoms with E-state index in [0.29, 0.717) is 17.5 Å². The third kappa shape index (κ3) is 2.94. The molecule has 0 spiro atoms. The Morgan fingerprint density at radius 1 is 1.33 bits per heavy atom. The molecule has 2 rings (SSSR count). The van der Waals surface area contributed by atoms with Crippen molar-refractivity contribution in [1.82, 2.24) is 10.4 Å². The van der Waals surface area contributed by atoms with Gasteiger partial charge < -0.3 is 0 Å². The highest BCUT2D eigenvalue weighted by atomic mass is 16.2. The molecular formula is C14H19N3O. The summed E-state index contributed by atoms with van der Waals surface area (Å²) >= 11 is 0. The summed E-state index contributed by atoms with van der Waals surface area (Å²) in [4.78, 5) is 15.8. The predicted octanol–water partition coefficient (Wildman–Crippen LogP) is 2.62. The Morgan fingerprint density at radius 2 is 2.06 bits per heavy atom. The Kier molecular flexibility index (Phi) is 4.07. The monoisotopic (exact) mass is 245 g/mol. The van der Waals surface area contributed by atoms with Crippen molar-refractivity contribution in [3.63, 3.8) is 0 Å². The van der Waals surface area contributed by atoms with Gasteiger partial charge in [0.15, 0.2) is 0 Å². The molecule has 0 aromatic carbocycles. The lowest BCUT2D eigenvalue weighted by Gasteiger charge is -2.26. The van der Waals surface area contributed by atoms with Crippen molar-refractivity contribution < 1.29 is 4.79 Å². The summed E-state index contributed by atoms with van der Waals surface area (Å²) in [7, 11) is 0. The van der Waals surface area contributed by atoms with Gasteiger partial charge in [-0.3, -0.25) is 9.78 Å². The second kappa shape index (κ2) is 5.76. The molecule has 0 unspecified atom stereocenters. The van der Waals surface area contributed by atoms with E-state index in [9.17, 15) is 4.79 Å². The molecule has 1 fully saturated rings. The Labute approximate surface area is 108 Å². The van der Waals surface area contributed by atoms with Gasteiger partial charge in [-0.15, -0.1) is 0 Å². The Hall–Kier alpha value is -1.71. The van der Waals surface area contributed by atoms with Gasteiger partial charge in [0.05, 0.1) is 0 Å². The fraction of sp³-hybridized carbons (Fsp3) is 0.500. The Bertz CT molecular complexity index is 430. The first-order chi connectivity index (χ1) is 8.68. The topological polar surface area (TPSA) is 54.4 Å². The summed E-state index contributed by atoms with van der Waals surface area (Å²) in [6.45, 7) is 4.34. The maximum Gasteiger partial charge on any atom is 0.289 e. The zero-order valence-corrected chi connectivity index (χ0v) is 10.9. The van der Waals surface area contributed by atoms with Crippen LogP contribution in [0.5, 0.6) is 0 Å². The van der Waals surface area contributed by atoms with Gasteiger partial charge in [-0.2, -0.15) is 5.10 Å². The number of nitrogens with one attached hydrogen (secondary N) is 1. The van der Waals surface area contributed by atoms with Crippen LogP contribution in [0.3, 0.4) is 0 Å². The van der Waals surface area contributed by atoms with Gasteiger partial charge in [0.1, 0.15) is 5.69 Å². The molecule has 96 valence electrons. The molecule has 1 saturated carbocycles. The van der Waals surface area contributed by atoms with Gasteiger partial charge in [0.2, 0.25) is 0 Å². The highest BCUT2D eigenvalue weighted by Crippen LogP contribution is 2.25. The lowest BCUT2D eigenvalue weighted by atomic mass is 9.81. The number of amides is 1. The first-order valence-corrected chi connectivity index (χ1v) is 6.47. The van der Waals surface area contributed by atoms with Gasteiger partial charge in [-0.1, -0.05) is 26.3 Å². The lowest BCUT2D eigenvalue weighted by molar-refractivity contribution is 0.0949. The molecule has 0 saturated heterocycles. The van der Waals surface area contributed by atoms with Crippen molar-refractivity contribution in [3.05, 3.63) is 30.1 Å². The highest BCUT2D eigenvalue weighted by Gasteiger charge is 2.23. The zero-order valence-electron chi connectivity index (χ0n) is 10.9. The maximum atomic E-state index is 11.8. The molecule has 2 atom stereocenters. The van der Waals surface area contributed by atoms with E-state index in [2.05, 4.69) is 29.4 Å². The third-order valence-electron chi connectivity index (χ3n) is 3.47. The predicted molar refractivity (Wildman–Crippen MR) is 71.3 cm³/mol. The van der Waals surface area contributed by atoms with E-state index in [1.807, 2.05) is 0 Å². The van der Waals surface area contributed by atoms with Crippen LogP contribution in [-0.4, -0.2) is 16.6 Å². The van der Waals surface area contributed by atoms with Gasteiger partial charge in [0.25, 0.3) is 5.91 Å². The number of pyridine rings is 1. The van der Waals surface area contributed by atoms with E-state index in [4.69, 9.17) is 0 Å². The van der Waals surface area contributed by atoms with E-state index in [0.717, 1.165) is 18.6 Å². The van der Waals surface area contributed by atoms with Crippen molar-refractivity contribution in [2.24, 2.45) is 16.9 Å². The van der Waals surface area contributed by atoms with Gasteiger partial charge in [0, 0.05) is 11.9 Å². The fourth-order valence-electron chi connectivity index (χ4n) is 2.40. The molecule has 1 N–H and O–H groups in total. The molecule has 0 bridgehead atoms. The van der Waals surface area contributed by atoms with Crippen LogP contribution in [0.4, 0.5) is 0 Å². The SMILES string of the molecule is C[C@H]1CCC[C@H](C)C1=NNC(=O)c1ccccn1. The number of carbonyl (C=O) groups excluding carboxylic acids is 1. The number of aromatic nitrogens is 1. The number of carbonyl (C=O) groups is 1. The summed E-state index contributed by atoms with van der Waals surface area (Å²) < 4.78 is 0. The zero-order chi connectivity index (χ0) is 13.0. The van der Waals surface area contributed by atoms with Gasteiger partial charge in [-0.05, 0) is 36.8 Å². The number of hydrogen-bond donors (Lipinski definition) is 1. The van der Waals surface area contributed by atoms with Crippen LogP contribution in [0.1, 0.15) is 43.6 Å². The molecule has 0 radical (unpaired) electrons. The van der Waals surface area contributed by atoms with Crippen molar-refractivity contribution in [2.45, 2.75) is 33.1 Å². The molecule has 18 heavy (non-hydrogen) atoms. The average molecular weight is 245 g/mol. The van der Waals surface area contributed by atoms with Gasteiger partial charge in [-0.25, -0.2) is 5.43 Å². The van der Waals surface area contributed by atoms with Crippen LogP contribution in [0.25, 0.3) is 0 Å². The molecule has 4 heteroatoms. The molecule has 1 heterocycles. The molecule has 1 aromatic rings. The number of hydrogen-bond acceptors (Lipinski definition) is 3. The Balaban J connectivity index is 2.03. The quantitative estimate of drug-likeness (QED) is 0.814. The van der Waals surface area contributed by atoms with E-state index in [-0.39, 0.29) is 5.91 Å². The van der Waals surface area contributed by atoms with Crippen LogP contribution < -0.4 is 5.43 Å². The minimum Gasteiger partial charge on any atom is -0.266 e. The van der Waals surface area contributed by atoms with Crippen LogP contribution in [0.2, 0.25) is 0 Å². The van der Waals surface area contributed by atoms with Crippen LogP contribution in [-0.2, 0) is 0 Å². The molecule has 1 amide bonds. The molecule has 1 aliphatic rings. The highest BCUT2D eigenvalue weighted by molar-refractivity contribution is 5.94. The smallest absolute Gasteiger partial charge is 0.266 e. The largest absolute Gasteiger partial charge is 0.289 e. The lowest BCUT2D eigenvalue weighted by Crippen LogP contribution is -2.29. The maximum absolute atomic E-state index is 11.8. The van der Waals surface area contributed by atoms with Crippen molar-refractivity contribution in [2.75, 3.05) is 0 Å². The van der Waals surface area contributed by atoms with Crippen LogP contribution in [0, 0.1) is 11.8 Å². The van der Waals surface area contributed by atoms with Crippen molar-refractivity contribution in [3.8, 4) is 0 Å². The van der Waals surface area contributed by atoms with Crippen LogP contribution >= 0.6 is 0 Å². The normalized spacial score (nSPS) is 23.6. The van der Waals surface area contributed by atoms with E-state index in [1.54, 1.807) is 24.4 Å². The van der Waals surface area contributed by atoms with E-state index in [1.165, 1.54) is 6.42 Å². The summed E-state index contributed by atoms with van der Waals surface area (Å²) in [5.41, 5.74) is 4.12. The summed E-state index contributed by atoms with van der Waals surface area (Å²) in [5, 5.41) is 4.30. The van der Waals surface area contributed by atoms with Gasteiger partial charge >= 0.3 is 0 Å². The molecular weight excluding hydrogens is 226 g/mol. The minimum absolute atomic E-state index is 0.243. The molecule has 0 aliphatic heterocycles. The van der Waals surface area contributed by atoms with Crippen LogP contribution in [0.15, 0.2) is 29.5 Å². The minimum atomic E-state index is -0.243. The second-order valence-electron chi connectivity index (χ2n) is 4.93. The van der Waals surface area contributed by atoms with E-state index < -0.39 is 0 Å². The number of nitrogens with zero attached hydrogens (tertiary/aromatic N) is 2. The average Bonchev–Trinajstić information content (AvgIpc) is 2.39. The number of rotatable bonds is 2. The standard InChI is InChI=1S/C14H19N3O/c1-10-6-5-7-11(2)13(10)16-17-14(18)12-8-3-4-9-15-12/h3-4,8-11H,5-7H2,1-2H3,(H,17,18)/t10-,11-/m0/s1. The van der Waals surface area contributed by atoms with Crippen molar-refractivity contribution >= 4 is 11.6 Å². The molecule has 4 nitrogen and oxygen atoms in total. The summed E-state index contributed by atoms with van der Waals surface area (Å²) in [6.07, 6.45) is 5.16. The molecule has 1 aromatic heterocycles. The third-order valence-corrected chi connectivity index (χ3v) is 3.47.